The van der Waals surface area contributed by atoms with Gasteiger partial charge in [-0.25, -0.2) is 14.8 Å². The number of halogens is 1. The van der Waals surface area contributed by atoms with Crippen LogP contribution in [0, 0.1) is 6.92 Å². The molecule has 32 heavy (non-hydrogen) atoms. The Morgan fingerprint density at radius 3 is 2.69 bits per heavy atom. The van der Waals surface area contributed by atoms with Gasteiger partial charge in [-0.15, -0.1) is 0 Å². The molecule has 5 aromatic rings. The number of benzene rings is 2. The van der Waals surface area contributed by atoms with E-state index in [-0.39, 0.29) is 12.2 Å². The molecule has 158 valence electrons. The number of ether oxygens (including phenoxy) is 1. The van der Waals surface area contributed by atoms with Crippen molar-refractivity contribution in [2.24, 2.45) is 0 Å². The molecular weight excluding hydrogens is 448 g/mol. The summed E-state index contributed by atoms with van der Waals surface area (Å²) in [5.74, 6) is -0.527. The summed E-state index contributed by atoms with van der Waals surface area (Å²) in [6, 6.07) is 17.6. The molecule has 0 unspecified atom stereocenters. The van der Waals surface area contributed by atoms with Crippen LogP contribution < -0.4 is 5.56 Å². The molecule has 0 saturated carbocycles. The number of esters is 1. The number of hydrogen-bond donors (Lipinski definition) is 0. The maximum Gasteiger partial charge on any atom is 0.339 e. The van der Waals surface area contributed by atoms with Gasteiger partial charge in [-0.05, 0) is 31.2 Å². The van der Waals surface area contributed by atoms with Gasteiger partial charge in [0.15, 0.2) is 0 Å². The number of pyridine rings is 1. The first-order chi connectivity index (χ1) is 15.5. The summed E-state index contributed by atoms with van der Waals surface area (Å²) in [5.41, 5.74) is 2.56. The number of carbonyl (C=O) groups excluding carboxylic acids is 1. The fraction of sp³-hybridized carbons (Fsp3) is 0.0870. The number of aromatic nitrogens is 4. The summed E-state index contributed by atoms with van der Waals surface area (Å²) in [6.45, 7) is 1.67. The molecule has 3 heterocycles. The van der Waals surface area contributed by atoms with Crippen molar-refractivity contribution in [1.29, 1.82) is 0 Å². The second-order valence-corrected chi connectivity index (χ2v) is 8.65. The van der Waals surface area contributed by atoms with Crippen LogP contribution in [0.25, 0.3) is 27.1 Å². The molecule has 2 aromatic carbocycles. The zero-order chi connectivity index (χ0) is 22.2. The Bertz CT molecular complexity index is 1540. The van der Waals surface area contributed by atoms with Crippen molar-refractivity contribution < 1.29 is 9.53 Å². The minimum Gasteiger partial charge on any atom is -0.456 e. The minimum absolute atomic E-state index is 0.131. The van der Waals surface area contributed by atoms with Crippen LogP contribution in [0.15, 0.2) is 65.5 Å². The largest absolute Gasteiger partial charge is 0.456 e. The fourth-order valence-electron chi connectivity index (χ4n) is 3.36. The topological polar surface area (TPSA) is 86.5 Å². The Morgan fingerprint density at radius 2 is 1.88 bits per heavy atom. The molecule has 3 aromatic heterocycles. The highest BCUT2D eigenvalue weighted by molar-refractivity contribution is 7.16. The summed E-state index contributed by atoms with van der Waals surface area (Å²) in [7, 11) is 0. The van der Waals surface area contributed by atoms with Crippen LogP contribution in [-0.4, -0.2) is 25.6 Å². The van der Waals surface area contributed by atoms with Crippen molar-refractivity contribution >= 4 is 44.8 Å². The van der Waals surface area contributed by atoms with Crippen molar-refractivity contribution in [3.05, 3.63) is 92.3 Å². The lowest BCUT2D eigenvalue weighted by atomic mass is 10.0. The molecule has 0 radical (unpaired) electrons. The van der Waals surface area contributed by atoms with Crippen LogP contribution >= 0.6 is 22.9 Å². The van der Waals surface area contributed by atoms with E-state index in [0.717, 1.165) is 10.6 Å². The van der Waals surface area contributed by atoms with E-state index in [1.54, 1.807) is 25.1 Å². The summed E-state index contributed by atoms with van der Waals surface area (Å²) < 4.78 is 6.76. The lowest BCUT2D eigenvalue weighted by Gasteiger charge is -2.10. The molecule has 0 fully saturated rings. The van der Waals surface area contributed by atoms with Crippen LogP contribution in [0.3, 0.4) is 0 Å². The van der Waals surface area contributed by atoms with Gasteiger partial charge in [0.25, 0.3) is 5.56 Å². The van der Waals surface area contributed by atoms with Crippen LogP contribution in [0.2, 0.25) is 5.02 Å². The molecule has 0 N–H and O–H groups in total. The van der Waals surface area contributed by atoms with Gasteiger partial charge >= 0.3 is 5.97 Å². The molecule has 0 saturated heterocycles. The molecule has 9 heteroatoms. The number of para-hydroxylation sites is 1. The number of fused-ring (bicyclic) bond motifs is 2. The lowest BCUT2D eigenvalue weighted by molar-refractivity contribution is 0.0470. The Kier molecular flexibility index (Phi) is 5.16. The van der Waals surface area contributed by atoms with Crippen LogP contribution in [0.5, 0.6) is 0 Å². The average Bonchev–Trinajstić information content (AvgIpc) is 3.18. The fourth-order valence-corrected chi connectivity index (χ4v) is 4.25. The Hall–Kier alpha value is -3.62. The molecule has 0 aliphatic carbocycles. The van der Waals surface area contributed by atoms with Crippen molar-refractivity contribution in [3.8, 4) is 11.3 Å². The maximum atomic E-state index is 13.0. The van der Waals surface area contributed by atoms with Gasteiger partial charge in [0, 0.05) is 22.0 Å². The number of rotatable bonds is 4. The van der Waals surface area contributed by atoms with Crippen molar-refractivity contribution in [1.82, 2.24) is 19.6 Å². The monoisotopic (exact) mass is 462 g/mol. The highest BCUT2D eigenvalue weighted by atomic mass is 35.5. The van der Waals surface area contributed by atoms with Gasteiger partial charge in [-0.3, -0.25) is 4.79 Å². The standard InChI is InChI=1S/C23H15ClN4O3S/c1-13-27-28-21(29)10-16(25-23(28)32-13)12-31-22(30)18-11-20(14-6-8-15(24)9-7-14)26-19-5-3-2-4-17(18)19/h2-11H,12H2,1H3. The molecule has 0 spiro atoms. The highest BCUT2D eigenvalue weighted by Gasteiger charge is 2.16. The van der Waals surface area contributed by atoms with E-state index in [1.165, 1.54) is 21.9 Å². The van der Waals surface area contributed by atoms with Gasteiger partial charge in [0.1, 0.15) is 11.6 Å². The van der Waals surface area contributed by atoms with E-state index < -0.39 is 5.97 Å². The number of nitrogens with zero attached hydrogens (tertiary/aromatic N) is 4. The number of carbonyl (C=O) groups is 1. The maximum absolute atomic E-state index is 13.0. The molecule has 0 atom stereocenters. The molecule has 0 aliphatic heterocycles. The molecule has 0 amide bonds. The van der Waals surface area contributed by atoms with Gasteiger partial charge in [0.2, 0.25) is 4.96 Å². The third-order valence-electron chi connectivity index (χ3n) is 4.83. The SMILES string of the molecule is Cc1nn2c(=O)cc(COC(=O)c3cc(-c4ccc(Cl)cc4)nc4ccccc34)nc2s1. The Balaban J connectivity index is 1.49. The molecule has 7 nitrogen and oxygen atoms in total. The van der Waals surface area contributed by atoms with Crippen molar-refractivity contribution in [2.45, 2.75) is 13.5 Å². The van der Waals surface area contributed by atoms with Gasteiger partial charge < -0.3 is 4.74 Å². The second kappa shape index (κ2) is 8.14. The van der Waals surface area contributed by atoms with Gasteiger partial charge in [-0.1, -0.05) is 53.3 Å². The van der Waals surface area contributed by atoms with Crippen molar-refractivity contribution in [2.75, 3.05) is 0 Å². The van der Waals surface area contributed by atoms with Crippen LogP contribution in [-0.2, 0) is 11.3 Å². The van der Waals surface area contributed by atoms with Gasteiger partial charge in [0.05, 0.1) is 22.5 Å². The minimum atomic E-state index is -0.527. The zero-order valence-electron chi connectivity index (χ0n) is 16.8. The molecule has 0 bridgehead atoms. The highest BCUT2D eigenvalue weighted by Crippen LogP contribution is 2.26. The molecular formula is C23H15ClN4O3S. The first-order valence-corrected chi connectivity index (χ1v) is 10.9. The normalized spacial score (nSPS) is 11.2. The van der Waals surface area contributed by atoms with E-state index in [2.05, 4.69) is 15.1 Å². The predicted octanol–water partition coefficient (Wildman–Crippen LogP) is 4.69. The third-order valence-corrected chi connectivity index (χ3v) is 5.90. The molecule has 0 aliphatic rings. The third kappa shape index (κ3) is 3.86. The van der Waals surface area contributed by atoms with E-state index in [0.29, 0.717) is 37.8 Å². The second-order valence-electron chi connectivity index (χ2n) is 7.06. The Labute approximate surface area is 190 Å². The number of hydrogen-bond acceptors (Lipinski definition) is 7. The summed E-state index contributed by atoms with van der Waals surface area (Å²) >= 11 is 7.29. The number of aryl methyl sites for hydroxylation is 1. The Morgan fingerprint density at radius 1 is 1.09 bits per heavy atom. The van der Waals surface area contributed by atoms with Crippen molar-refractivity contribution in [3.63, 3.8) is 0 Å². The van der Waals surface area contributed by atoms with E-state index in [9.17, 15) is 9.59 Å². The first-order valence-electron chi connectivity index (χ1n) is 9.67. The predicted molar refractivity (Wildman–Crippen MR) is 123 cm³/mol. The smallest absolute Gasteiger partial charge is 0.339 e. The van der Waals surface area contributed by atoms with E-state index in [1.807, 2.05) is 36.4 Å². The average molecular weight is 463 g/mol. The first kappa shape index (κ1) is 20.3. The van der Waals surface area contributed by atoms with Crippen LogP contribution in [0.4, 0.5) is 0 Å². The summed E-state index contributed by atoms with van der Waals surface area (Å²) in [4.78, 5) is 34.8. The quantitative estimate of drug-likeness (QED) is 0.360. The summed E-state index contributed by atoms with van der Waals surface area (Å²) in [5, 5.41) is 6.13. The van der Waals surface area contributed by atoms with E-state index >= 15 is 0 Å². The van der Waals surface area contributed by atoms with E-state index in [4.69, 9.17) is 16.3 Å². The summed E-state index contributed by atoms with van der Waals surface area (Å²) in [6.07, 6.45) is 0. The van der Waals surface area contributed by atoms with Crippen LogP contribution in [0.1, 0.15) is 21.1 Å². The van der Waals surface area contributed by atoms with Gasteiger partial charge in [-0.2, -0.15) is 9.61 Å². The molecule has 5 rings (SSSR count). The lowest BCUT2D eigenvalue weighted by Crippen LogP contribution is -2.16. The zero-order valence-corrected chi connectivity index (χ0v) is 18.4.